The number of pyridine rings is 1. The molecule has 0 saturated heterocycles. The molecule has 0 aliphatic heterocycles. The predicted octanol–water partition coefficient (Wildman–Crippen LogP) is 12.6. The van der Waals surface area contributed by atoms with Crippen LogP contribution in [0.1, 0.15) is 0 Å². The molecule has 10 aromatic rings. The zero-order valence-electron chi connectivity index (χ0n) is 23.5. The van der Waals surface area contributed by atoms with Crippen molar-refractivity contribution in [2.75, 3.05) is 0 Å². The second kappa shape index (κ2) is 9.20. The van der Waals surface area contributed by atoms with Crippen LogP contribution in [-0.2, 0) is 0 Å². The van der Waals surface area contributed by atoms with Gasteiger partial charge in [-0.1, -0.05) is 91.0 Å². The molecule has 0 fully saturated rings. The summed E-state index contributed by atoms with van der Waals surface area (Å²) >= 11 is 3.73. The lowest BCUT2D eigenvalue weighted by molar-refractivity contribution is 1.45. The summed E-state index contributed by atoms with van der Waals surface area (Å²) in [6.07, 6.45) is 2.11. The van der Waals surface area contributed by atoms with E-state index in [1.165, 1.54) is 89.5 Å². The fraction of sp³-hybridized carbons (Fsp3) is 0. The van der Waals surface area contributed by atoms with E-state index in [0.717, 1.165) is 5.52 Å². The lowest BCUT2D eigenvalue weighted by atomic mass is 9.85. The highest BCUT2D eigenvalue weighted by Crippen LogP contribution is 2.48. The molecule has 0 radical (unpaired) electrons. The summed E-state index contributed by atoms with van der Waals surface area (Å²) < 4.78 is 5.30. The topological polar surface area (TPSA) is 12.9 Å². The number of para-hydroxylation sites is 1. The first kappa shape index (κ1) is 24.4. The van der Waals surface area contributed by atoms with Crippen molar-refractivity contribution in [1.82, 2.24) is 4.98 Å². The minimum atomic E-state index is 1.02. The standard InChI is InChI=1S/C41H23NS2/c1-2-12-29-28(11-1)39(24-17-19-37-31(21-24)26-9-4-7-15-35(26)43-37)33-23-42-34-14-6-3-13-30(34)41(33)40(29)25-18-20-38-32(22-25)27-10-5-8-16-36(27)44-38/h1-23H. The summed E-state index contributed by atoms with van der Waals surface area (Å²) in [5, 5.41) is 11.4. The number of nitrogens with zero attached hydrogens (tertiary/aromatic N) is 1. The average molecular weight is 594 g/mol. The zero-order valence-corrected chi connectivity index (χ0v) is 25.2. The number of hydrogen-bond acceptors (Lipinski definition) is 3. The first-order valence-electron chi connectivity index (χ1n) is 14.9. The van der Waals surface area contributed by atoms with Gasteiger partial charge in [0.1, 0.15) is 0 Å². The third kappa shape index (κ3) is 3.42. The van der Waals surface area contributed by atoms with Crippen LogP contribution in [0.3, 0.4) is 0 Å². The van der Waals surface area contributed by atoms with E-state index in [1.54, 1.807) is 0 Å². The minimum Gasteiger partial charge on any atom is -0.256 e. The predicted molar refractivity (Wildman–Crippen MR) is 193 cm³/mol. The van der Waals surface area contributed by atoms with Gasteiger partial charge in [0.25, 0.3) is 0 Å². The maximum Gasteiger partial charge on any atom is 0.0708 e. The Morgan fingerprint density at radius 2 is 0.841 bits per heavy atom. The summed E-state index contributed by atoms with van der Waals surface area (Å²) in [6, 6.07) is 49.1. The number of fused-ring (bicyclic) bond motifs is 10. The number of aromatic nitrogens is 1. The van der Waals surface area contributed by atoms with Crippen LogP contribution in [0.25, 0.3) is 95.0 Å². The van der Waals surface area contributed by atoms with Gasteiger partial charge >= 0.3 is 0 Å². The van der Waals surface area contributed by atoms with Crippen LogP contribution in [0.5, 0.6) is 0 Å². The van der Waals surface area contributed by atoms with E-state index in [2.05, 4.69) is 140 Å². The first-order valence-corrected chi connectivity index (χ1v) is 16.5. The molecule has 204 valence electrons. The van der Waals surface area contributed by atoms with Crippen molar-refractivity contribution in [3.05, 3.63) is 140 Å². The van der Waals surface area contributed by atoms with Crippen molar-refractivity contribution in [3.8, 4) is 22.3 Å². The van der Waals surface area contributed by atoms with Gasteiger partial charge in [-0.15, -0.1) is 22.7 Å². The Morgan fingerprint density at radius 1 is 0.364 bits per heavy atom. The van der Waals surface area contributed by atoms with Gasteiger partial charge in [-0.25, -0.2) is 0 Å². The van der Waals surface area contributed by atoms with Gasteiger partial charge in [-0.3, -0.25) is 4.98 Å². The molecule has 0 saturated carbocycles. The average Bonchev–Trinajstić information content (AvgIpc) is 3.64. The molecule has 0 N–H and O–H groups in total. The largest absolute Gasteiger partial charge is 0.256 e. The van der Waals surface area contributed by atoms with Crippen LogP contribution in [0, 0.1) is 0 Å². The van der Waals surface area contributed by atoms with Gasteiger partial charge < -0.3 is 0 Å². The quantitative estimate of drug-likeness (QED) is 0.143. The molecule has 3 heterocycles. The van der Waals surface area contributed by atoms with Crippen molar-refractivity contribution >= 4 is 95.5 Å². The molecular formula is C41H23NS2. The lowest BCUT2D eigenvalue weighted by Crippen LogP contribution is -1.93. The van der Waals surface area contributed by atoms with E-state index < -0.39 is 0 Å². The highest BCUT2D eigenvalue weighted by molar-refractivity contribution is 7.26. The van der Waals surface area contributed by atoms with Crippen LogP contribution in [0.2, 0.25) is 0 Å². The molecule has 1 nitrogen and oxygen atoms in total. The Bertz CT molecular complexity index is 2780. The first-order chi connectivity index (χ1) is 21.8. The van der Waals surface area contributed by atoms with Crippen molar-refractivity contribution < 1.29 is 0 Å². The minimum absolute atomic E-state index is 1.02. The summed E-state index contributed by atoms with van der Waals surface area (Å²) in [7, 11) is 0. The monoisotopic (exact) mass is 593 g/mol. The highest BCUT2D eigenvalue weighted by atomic mass is 32.1. The van der Waals surface area contributed by atoms with Crippen LogP contribution in [-0.4, -0.2) is 4.98 Å². The molecule has 44 heavy (non-hydrogen) atoms. The Kier molecular flexibility index (Phi) is 5.10. The molecule has 10 rings (SSSR count). The number of thiophene rings is 2. The Labute approximate surface area is 261 Å². The fourth-order valence-corrected chi connectivity index (χ4v) is 9.35. The van der Waals surface area contributed by atoms with E-state index in [4.69, 9.17) is 4.98 Å². The molecule has 0 aliphatic rings. The van der Waals surface area contributed by atoms with E-state index in [1.807, 2.05) is 22.7 Å². The van der Waals surface area contributed by atoms with Crippen LogP contribution < -0.4 is 0 Å². The van der Waals surface area contributed by atoms with Crippen molar-refractivity contribution in [3.63, 3.8) is 0 Å². The van der Waals surface area contributed by atoms with Gasteiger partial charge in [0.15, 0.2) is 0 Å². The fourth-order valence-electron chi connectivity index (χ4n) is 7.17. The third-order valence-corrected chi connectivity index (χ3v) is 11.4. The number of hydrogen-bond donors (Lipinski definition) is 0. The van der Waals surface area contributed by atoms with Crippen LogP contribution in [0.4, 0.5) is 0 Å². The smallest absolute Gasteiger partial charge is 0.0708 e. The number of rotatable bonds is 2. The van der Waals surface area contributed by atoms with Crippen molar-refractivity contribution in [2.45, 2.75) is 0 Å². The Balaban J connectivity index is 1.37. The van der Waals surface area contributed by atoms with Gasteiger partial charge in [-0.05, 0) is 75.5 Å². The molecular weight excluding hydrogens is 571 g/mol. The maximum absolute atomic E-state index is 5.03. The summed E-state index contributed by atoms with van der Waals surface area (Å²) in [5.74, 6) is 0. The normalized spacial score (nSPS) is 12.1. The molecule has 3 heteroatoms. The zero-order chi connectivity index (χ0) is 28.8. The molecule has 0 unspecified atom stereocenters. The lowest BCUT2D eigenvalue weighted by Gasteiger charge is -2.19. The molecule has 0 spiro atoms. The molecule has 7 aromatic carbocycles. The molecule has 0 atom stereocenters. The van der Waals surface area contributed by atoms with E-state index in [-0.39, 0.29) is 0 Å². The Morgan fingerprint density at radius 3 is 1.48 bits per heavy atom. The molecule has 0 amide bonds. The van der Waals surface area contributed by atoms with Crippen molar-refractivity contribution in [2.24, 2.45) is 0 Å². The highest BCUT2D eigenvalue weighted by Gasteiger charge is 2.20. The van der Waals surface area contributed by atoms with Crippen LogP contribution >= 0.6 is 22.7 Å². The SMILES string of the molecule is c1ccc2c(c1)ncc1c(-c3ccc4sc5ccccc5c4c3)c3ccccc3c(-c3ccc4sc5ccccc5c4c3)c12. The van der Waals surface area contributed by atoms with Gasteiger partial charge in [-0.2, -0.15) is 0 Å². The van der Waals surface area contributed by atoms with E-state index in [9.17, 15) is 0 Å². The maximum atomic E-state index is 5.03. The van der Waals surface area contributed by atoms with E-state index >= 15 is 0 Å². The third-order valence-electron chi connectivity index (χ3n) is 9.09. The second-order valence-corrected chi connectivity index (χ2v) is 13.6. The summed E-state index contributed by atoms with van der Waals surface area (Å²) in [6.45, 7) is 0. The van der Waals surface area contributed by atoms with Gasteiger partial charge in [0.05, 0.1) is 5.52 Å². The number of benzene rings is 7. The summed E-state index contributed by atoms with van der Waals surface area (Å²) in [4.78, 5) is 5.03. The van der Waals surface area contributed by atoms with Gasteiger partial charge in [0, 0.05) is 62.7 Å². The van der Waals surface area contributed by atoms with E-state index in [0.29, 0.717) is 0 Å². The molecule has 0 aliphatic carbocycles. The molecule has 3 aromatic heterocycles. The van der Waals surface area contributed by atoms with Crippen LogP contribution in [0.15, 0.2) is 140 Å². The summed E-state index contributed by atoms with van der Waals surface area (Å²) in [5.41, 5.74) is 6.01. The Hall–Kier alpha value is -5.09. The van der Waals surface area contributed by atoms with Gasteiger partial charge in [0.2, 0.25) is 0 Å². The van der Waals surface area contributed by atoms with Crippen molar-refractivity contribution in [1.29, 1.82) is 0 Å². The molecule has 0 bridgehead atoms. The second-order valence-electron chi connectivity index (χ2n) is 11.5.